The number of carbonyl (C=O) groups is 2. The number of amides is 2. The van der Waals surface area contributed by atoms with E-state index in [4.69, 9.17) is 4.74 Å². The Kier molecular flexibility index (Phi) is 6.60. The van der Waals surface area contributed by atoms with Crippen molar-refractivity contribution in [3.63, 3.8) is 0 Å². The van der Waals surface area contributed by atoms with Crippen molar-refractivity contribution >= 4 is 17.5 Å². The first-order valence-electron chi connectivity index (χ1n) is 9.53. The molecule has 26 heavy (non-hydrogen) atoms. The number of anilines is 1. The van der Waals surface area contributed by atoms with Gasteiger partial charge >= 0.3 is 0 Å². The predicted molar refractivity (Wildman–Crippen MR) is 98.2 cm³/mol. The second-order valence-corrected chi connectivity index (χ2v) is 7.16. The number of nitrogens with one attached hydrogen (secondary N) is 3. The smallest absolute Gasteiger partial charge is 0.282 e. The molecule has 0 radical (unpaired) electrons. The maximum absolute atomic E-state index is 12.5. The third-order valence-corrected chi connectivity index (χ3v) is 5.41. The number of para-hydroxylation sites is 1. The molecule has 2 fully saturated rings. The Morgan fingerprint density at radius 1 is 1.12 bits per heavy atom. The standard InChI is InChI=1S/C19H28N4O3/c1-16(19(25)20-17-5-3-2-4-6-17)22-9-7-21(8-10-22)15-18(24)23-11-13-26-14-12-23/h2-6,16H,7-15H2,1H3,(H,20,25)/p+2/t16-/m0/s1. The van der Waals surface area contributed by atoms with Crippen LogP contribution < -0.4 is 15.1 Å². The van der Waals surface area contributed by atoms with E-state index in [-0.39, 0.29) is 17.9 Å². The summed E-state index contributed by atoms with van der Waals surface area (Å²) in [5.41, 5.74) is 0.837. The Balaban J connectivity index is 1.42. The van der Waals surface area contributed by atoms with Gasteiger partial charge in [0.15, 0.2) is 12.6 Å². The molecule has 7 heteroatoms. The first-order valence-corrected chi connectivity index (χ1v) is 9.53. The summed E-state index contributed by atoms with van der Waals surface area (Å²) in [4.78, 5) is 29.4. The molecule has 2 amide bonds. The highest BCUT2D eigenvalue weighted by atomic mass is 16.5. The Hall–Kier alpha value is -1.96. The van der Waals surface area contributed by atoms with Gasteiger partial charge < -0.3 is 24.8 Å². The van der Waals surface area contributed by atoms with Crippen molar-refractivity contribution in [3.8, 4) is 0 Å². The zero-order valence-electron chi connectivity index (χ0n) is 15.5. The molecule has 1 aromatic carbocycles. The van der Waals surface area contributed by atoms with Gasteiger partial charge in [0, 0.05) is 18.8 Å². The molecule has 0 saturated carbocycles. The molecule has 2 saturated heterocycles. The van der Waals surface area contributed by atoms with Crippen molar-refractivity contribution in [1.82, 2.24) is 4.90 Å². The van der Waals surface area contributed by atoms with Gasteiger partial charge in [0.2, 0.25) is 0 Å². The SMILES string of the molecule is C[C@@H](C(=O)Nc1ccccc1)[NH+]1CC[NH+](CC(=O)N2CCOCC2)CC1. The Labute approximate surface area is 154 Å². The fourth-order valence-corrected chi connectivity index (χ4v) is 3.63. The number of morpholine rings is 1. The highest BCUT2D eigenvalue weighted by Crippen LogP contribution is 2.04. The van der Waals surface area contributed by atoms with E-state index in [9.17, 15) is 9.59 Å². The minimum atomic E-state index is -0.0910. The largest absolute Gasteiger partial charge is 0.378 e. The molecule has 142 valence electrons. The third kappa shape index (κ3) is 5.03. The normalized spacial score (nSPS) is 24.7. The molecule has 2 heterocycles. The summed E-state index contributed by atoms with van der Waals surface area (Å²) in [6.45, 7) is 8.92. The second kappa shape index (κ2) is 9.12. The van der Waals surface area contributed by atoms with Crippen molar-refractivity contribution in [2.75, 3.05) is 64.3 Å². The summed E-state index contributed by atoms with van der Waals surface area (Å²) in [7, 11) is 0. The zero-order valence-corrected chi connectivity index (χ0v) is 15.5. The van der Waals surface area contributed by atoms with Crippen molar-refractivity contribution in [3.05, 3.63) is 30.3 Å². The number of benzene rings is 1. The van der Waals surface area contributed by atoms with Gasteiger partial charge in [-0.05, 0) is 19.1 Å². The maximum atomic E-state index is 12.5. The average molecular weight is 362 g/mol. The van der Waals surface area contributed by atoms with Crippen LogP contribution in [0.4, 0.5) is 5.69 Å². The van der Waals surface area contributed by atoms with E-state index in [1.54, 1.807) is 0 Å². The lowest BCUT2D eigenvalue weighted by molar-refractivity contribution is -1.01. The Morgan fingerprint density at radius 2 is 1.77 bits per heavy atom. The summed E-state index contributed by atoms with van der Waals surface area (Å²) in [5.74, 6) is 0.278. The van der Waals surface area contributed by atoms with Crippen LogP contribution in [0, 0.1) is 0 Å². The molecule has 7 nitrogen and oxygen atoms in total. The first-order chi connectivity index (χ1) is 12.6. The number of ether oxygens (including phenoxy) is 1. The van der Waals surface area contributed by atoms with Crippen LogP contribution in [0.25, 0.3) is 0 Å². The molecule has 1 atom stereocenters. The maximum Gasteiger partial charge on any atom is 0.282 e. The van der Waals surface area contributed by atoms with Crippen molar-refractivity contribution in [2.24, 2.45) is 0 Å². The van der Waals surface area contributed by atoms with Crippen LogP contribution >= 0.6 is 0 Å². The van der Waals surface area contributed by atoms with E-state index in [2.05, 4.69) is 5.32 Å². The summed E-state index contributed by atoms with van der Waals surface area (Å²) in [6.07, 6.45) is 0. The molecule has 2 aliphatic rings. The molecular weight excluding hydrogens is 332 g/mol. The number of rotatable bonds is 5. The minimum Gasteiger partial charge on any atom is -0.378 e. The van der Waals surface area contributed by atoms with Gasteiger partial charge in [-0.15, -0.1) is 0 Å². The van der Waals surface area contributed by atoms with Gasteiger partial charge in [-0.1, -0.05) is 18.2 Å². The van der Waals surface area contributed by atoms with E-state index < -0.39 is 0 Å². The summed E-state index contributed by atoms with van der Waals surface area (Å²) in [5, 5.41) is 2.99. The van der Waals surface area contributed by atoms with Crippen molar-refractivity contribution in [2.45, 2.75) is 13.0 Å². The Bertz CT molecular complexity index is 596. The third-order valence-electron chi connectivity index (χ3n) is 5.41. The van der Waals surface area contributed by atoms with Gasteiger partial charge in [0.05, 0.1) is 13.2 Å². The lowest BCUT2D eigenvalue weighted by Crippen LogP contribution is -3.30. The lowest BCUT2D eigenvalue weighted by Gasteiger charge is -2.33. The van der Waals surface area contributed by atoms with E-state index in [0.717, 1.165) is 31.9 Å². The fourth-order valence-electron chi connectivity index (χ4n) is 3.63. The Morgan fingerprint density at radius 3 is 2.42 bits per heavy atom. The number of piperazine rings is 1. The highest BCUT2D eigenvalue weighted by Gasteiger charge is 2.32. The molecular formula is C19H30N4O3+2. The van der Waals surface area contributed by atoms with Crippen molar-refractivity contribution in [1.29, 1.82) is 0 Å². The number of hydrogen-bond acceptors (Lipinski definition) is 3. The highest BCUT2D eigenvalue weighted by molar-refractivity contribution is 5.93. The van der Waals surface area contributed by atoms with Crippen LogP contribution in [0.5, 0.6) is 0 Å². The van der Waals surface area contributed by atoms with Crippen LogP contribution in [-0.4, -0.2) is 81.8 Å². The molecule has 0 bridgehead atoms. The molecule has 0 aromatic heterocycles. The molecule has 3 N–H and O–H groups in total. The van der Waals surface area contributed by atoms with Crippen LogP contribution in [0.2, 0.25) is 0 Å². The second-order valence-electron chi connectivity index (χ2n) is 7.16. The first kappa shape index (κ1) is 18.8. The van der Waals surface area contributed by atoms with Gasteiger partial charge in [-0.2, -0.15) is 0 Å². The van der Waals surface area contributed by atoms with E-state index in [0.29, 0.717) is 32.8 Å². The van der Waals surface area contributed by atoms with Crippen LogP contribution in [0.1, 0.15) is 6.92 Å². The fraction of sp³-hybridized carbons (Fsp3) is 0.579. The van der Waals surface area contributed by atoms with E-state index in [1.807, 2.05) is 42.2 Å². The van der Waals surface area contributed by atoms with Gasteiger partial charge in [-0.25, -0.2) is 0 Å². The average Bonchev–Trinajstić information content (AvgIpc) is 2.69. The molecule has 0 spiro atoms. The van der Waals surface area contributed by atoms with Gasteiger partial charge in [0.1, 0.15) is 26.2 Å². The van der Waals surface area contributed by atoms with E-state index >= 15 is 0 Å². The summed E-state index contributed by atoms with van der Waals surface area (Å²) in [6, 6.07) is 9.48. The molecule has 3 rings (SSSR count). The number of carbonyl (C=O) groups excluding carboxylic acids is 2. The van der Waals surface area contributed by atoms with Gasteiger partial charge in [-0.3, -0.25) is 9.59 Å². The number of quaternary nitrogens is 2. The topological polar surface area (TPSA) is 67.5 Å². The predicted octanol–water partition coefficient (Wildman–Crippen LogP) is -2.34. The quantitative estimate of drug-likeness (QED) is 0.550. The van der Waals surface area contributed by atoms with Gasteiger partial charge in [0.25, 0.3) is 11.8 Å². The molecule has 2 aliphatic heterocycles. The van der Waals surface area contributed by atoms with E-state index in [1.165, 1.54) is 9.80 Å². The summed E-state index contributed by atoms with van der Waals surface area (Å²) >= 11 is 0. The zero-order chi connectivity index (χ0) is 18.4. The lowest BCUT2D eigenvalue weighted by atomic mass is 10.2. The molecule has 1 aromatic rings. The van der Waals surface area contributed by atoms with Crippen LogP contribution in [0.3, 0.4) is 0 Å². The number of nitrogens with zero attached hydrogens (tertiary/aromatic N) is 1. The molecule has 0 aliphatic carbocycles. The van der Waals surface area contributed by atoms with Crippen LogP contribution in [-0.2, 0) is 14.3 Å². The molecule has 0 unspecified atom stereocenters. The van der Waals surface area contributed by atoms with Crippen molar-refractivity contribution < 1.29 is 24.1 Å². The number of hydrogen-bond donors (Lipinski definition) is 3. The van der Waals surface area contributed by atoms with Crippen LogP contribution in [0.15, 0.2) is 30.3 Å². The summed E-state index contributed by atoms with van der Waals surface area (Å²) < 4.78 is 5.30. The minimum absolute atomic E-state index is 0.0547. The monoisotopic (exact) mass is 362 g/mol.